The molecule has 0 aliphatic heterocycles. The Morgan fingerprint density at radius 2 is 1.85 bits per heavy atom. The molecule has 0 saturated carbocycles. The molecule has 0 aliphatic carbocycles. The number of amides is 1. The molecule has 1 heterocycles. The maximum Gasteiger partial charge on any atom is 0.431 e. The van der Waals surface area contributed by atoms with Gasteiger partial charge in [0.25, 0.3) is 5.56 Å². The zero-order valence-corrected chi connectivity index (χ0v) is 19.3. The Morgan fingerprint density at radius 3 is 2.36 bits per heavy atom. The van der Waals surface area contributed by atoms with Crippen LogP contribution in [0.3, 0.4) is 0 Å². The Bertz CT molecular complexity index is 1210. The third-order valence-corrected chi connectivity index (χ3v) is 6.17. The highest BCUT2D eigenvalue weighted by atomic mass is 35.5. The van der Waals surface area contributed by atoms with E-state index in [0.29, 0.717) is 11.9 Å². The van der Waals surface area contributed by atoms with E-state index in [9.17, 15) is 36.7 Å². The van der Waals surface area contributed by atoms with Crippen LogP contribution in [0.2, 0.25) is 5.02 Å². The summed E-state index contributed by atoms with van der Waals surface area (Å²) in [5.74, 6) is -2.43. The minimum Gasteiger partial charge on any atom is -0.467 e. The minimum absolute atomic E-state index is 0.0150. The van der Waals surface area contributed by atoms with Gasteiger partial charge in [0.15, 0.2) is 0 Å². The molecule has 1 aromatic heterocycles. The van der Waals surface area contributed by atoms with Gasteiger partial charge in [-0.15, -0.1) is 0 Å². The van der Waals surface area contributed by atoms with Crippen LogP contribution in [-0.2, 0) is 27.5 Å². The molecule has 0 saturated heterocycles. The van der Waals surface area contributed by atoms with Gasteiger partial charge in [-0.3, -0.25) is 18.5 Å². The van der Waals surface area contributed by atoms with Crippen molar-refractivity contribution in [2.75, 3.05) is 7.11 Å². The Balaban J connectivity index is 2.68. The molecule has 0 N–H and O–H groups in total. The van der Waals surface area contributed by atoms with Crippen molar-refractivity contribution in [3.05, 3.63) is 55.6 Å². The van der Waals surface area contributed by atoms with Crippen LogP contribution in [0.5, 0.6) is 0 Å². The van der Waals surface area contributed by atoms with Crippen molar-refractivity contribution < 1.29 is 31.9 Å². The quantitative estimate of drug-likeness (QED) is 0.336. The van der Waals surface area contributed by atoms with E-state index in [2.05, 4.69) is 4.74 Å². The molecule has 0 bridgehead atoms. The van der Waals surface area contributed by atoms with Gasteiger partial charge in [0.1, 0.15) is 17.6 Å². The number of ether oxygens (including phenoxy) is 1. The predicted octanol–water partition coefficient (Wildman–Crippen LogP) is 3.15. The summed E-state index contributed by atoms with van der Waals surface area (Å²) in [5, 5.41) is -0.232. The number of esters is 1. The number of methoxy groups -OCH3 is 1. The Kier molecular flexibility index (Phi) is 8.01. The summed E-state index contributed by atoms with van der Waals surface area (Å²) < 4.78 is 59.9. The third-order valence-electron chi connectivity index (χ3n) is 4.49. The summed E-state index contributed by atoms with van der Waals surface area (Å²) in [5.41, 5.74) is -5.07. The fraction of sp³-hybridized carbons (Fsp3) is 0.368. The van der Waals surface area contributed by atoms with Crippen molar-refractivity contribution in [3.63, 3.8) is 0 Å². The standard InChI is InChI=1S/C19H18ClF4N3O5S/c1-5-15(28)27(9(2)17(30)32-4)33-13-7-12(11(21)6-10(13)20)26-16(29)8-14(19(22,23)24)25(3)18(26)31/h6-9H,5H2,1-4H3. The minimum atomic E-state index is -4.99. The topological polar surface area (TPSA) is 90.6 Å². The number of benzene rings is 1. The highest BCUT2D eigenvalue weighted by Gasteiger charge is 2.35. The van der Waals surface area contributed by atoms with Gasteiger partial charge in [-0.25, -0.2) is 18.5 Å². The molecule has 180 valence electrons. The largest absolute Gasteiger partial charge is 0.467 e. The first kappa shape index (κ1) is 26.5. The van der Waals surface area contributed by atoms with Gasteiger partial charge in [0.05, 0.1) is 17.8 Å². The molecule has 2 rings (SSSR count). The van der Waals surface area contributed by atoms with Crippen molar-refractivity contribution in [1.82, 2.24) is 13.4 Å². The molecule has 1 aromatic carbocycles. The molecule has 0 radical (unpaired) electrons. The van der Waals surface area contributed by atoms with Crippen LogP contribution in [0.15, 0.2) is 32.7 Å². The van der Waals surface area contributed by atoms with Crippen LogP contribution in [0.1, 0.15) is 26.0 Å². The van der Waals surface area contributed by atoms with Gasteiger partial charge in [-0.05, 0) is 31.0 Å². The number of alkyl halides is 3. The average molecular weight is 512 g/mol. The average Bonchev–Trinajstić information content (AvgIpc) is 2.74. The molecule has 1 unspecified atom stereocenters. The van der Waals surface area contributed by atoms with Gasteiger partial charge < -0.3 is 4.74 Å². The smallest absolute Gasteiger partial charge is 0.431 e. The number of carbonyl (C=O) groups excluding carboxylic acids is 2. The molecule has 8 nitrogen and oxygen atoms in total. The molecule has 1 amide bonds. The van der Waals surface area contributed by atoms with Crippen LogP contribution in [0.4, 0.5) is 17.6 Å². The summed E-state index contributed by atoms with van der Waals surface area (Å²) in [6.45, 7) is 2.91. The van der Waals surface area contributed by atoms with E-state index in [0.717, 1.165) is 30.6 Å². The second-order valence-corrected chi connectivity index (χ2v) is 8.06. The summed E-state index contributed by atoms with van der Waals surface area (Å²) >= 11 is 6.68. The van der Waals surface area contributed by atoms with Gasteiger partial charge in [0.2, 0.25) is 5.91 Å². The van der Waals surface area contributed by atoms with E-state index in [1.54, 1.807) is 0 Å². The predicted molar refractivity (Wildman–Crippen MR) is 112 cm³/mol. The van der Waals surface area contributed by atoms with Crippen LogP contribution in [0, 0.1) is 5.82 Å². The molecule has 2 aromatic rings. The van der Waals surface area contributed by atoms with Gasteiger partial charge >= 0.3 is 17.8 Å². The maximum atomic E-state index is 14.7. The summed E-state index contributed by atoms with van der Waals surface area (Å²) in [7, 11) is 1.90. The first-order valence-corrected chi connectivity index (χ1v) is 10.4. The lowest BCUT2D eigenvalue weighted by atomic mass is 10.3. The lowest BCUT2D eigenvalue weighted by molar-refractivity contribution is -0.147. The first-order chi connectivity index (χ1) is 15.2. The van der Waals surface area contributed by atoms with E-state index in [4.69, 9.17) is 11.6 Å². The first-order valence-electron chi connectivity index (χ1n) is 9.22. The van der Waals surface area contributed by atoms with Crippen LogP contribution < -0.4 is 11.2 Å². The van der Waals surface area contributed by atoms with E-state index < -0.39 is 52.5 Å². The molecule has 0 aliphatic rings. The van der Waals surface area contributed by atoms with Crippen LogP contribution >= 0.6 is 23.5 Å². The maximum absolute atomic E-state index is 14.7. The molecule has 33 heavy (non-hydrogen) atoms. The molecule has 0 fully saturated rings. The lowest BCUT2D eigenvalue weighted by Gasteiger charge is -2.26. The van der Waals surface area contributed by atoms with Gasteiger partial charge in [0, 0.05) is 24.4 Å². The van der Waals surface area contributed by atoms with E-state index in [1.165, 1.54) is 13.8 Å². The summed E-state index contributed by atoms with van der Waals surface area (Å²) in [6.07, 6.45) is -5.00. The Morgan fingerprint density at radius 1 is 1.24 bits per heavy atom. The van der Waals surface area contributed by atoms with Crippen LogP contribution in [-0.4, -0.2) is 38.5 Å². The number of hydrogen-bond donors (Lipinski definition) is 0. The fourth-order valence-corrected chi connectivity index (χ4v) is 4.00. The van der Waals surface area contributed by atoms with Crippen molar-refractivity contribution >= 4 is 35.4 Å². The van der Waals surface area contributed by atoms with Crippen molar-refractivity contribution in [1.29, 1.82) is 0 Å². The highest BCUT2D eigenvalue weighted by Crippen LogP contribution is 2.35. The highest BCUT2D eigenvalue weighted by molar-refractivity contribution is 7.97. The molecule has 14 heteroatoms. The zero-order valence-electron chi connectivity index (χ0n) is 17.7. The number of halogens is 5. The summed E-state index contributed by atoms with van der Waals surface area (Å²) in [4.78, 5) is 49.1. The second-order valence-electron chi connectivity index (χ2n) is 6.64. The van der Waals surface area contributed by atoms with E-state index in [-0.39, 0.29) is 31.5 Å². The number of rotatable bonds is 6. The van der Waals surface area contributed by atoms with Crippen molar-refractivity contribution in [2.24, 2.45) is 7.05 Å². The SMILES string of the molecule is CCC(=O)N(Sc1cc(-n2c(=O)cc(C(F)(F)F)n(C)c2=O)c(F)cc1Cl)C(C)C(=O)OC. The third kappa shape index (κ3) is 5.41. The molecular weight excluding hydrogens is 494 g/mol. The lowest BCUT2D eigenvalue weighted by Crippen LogP contribution is -2.41. The van der Waals surface area contributed by atoms with Gasteiger partial charge in [-0.2, -0.15) is 13.2 Å². The zero-order chi connectivity index (χ0) is 25.2. The number of nitrogens with zero attached hydrogens (tertiary/aromatic N) is 3. The molecular formula is C19H18ClF4N3O5S. The number of carbonyl (C=O) groups is 2. The molecule has 0 spiro atoms. The van der Waals surface area contributed by atoms with E-state index in [1.807, 2.05) is 0 Å². The monoisotopic (exact) mass is 511 g/mol. The summed E-state index contributed by atoms with van der Waals surface area (Å²) in [6, 6.07) is 0.742. The van der Waals surface area contributed by atoms with E-state index >= 15 is 0 Å². The molecule has 1 atom stereocenters. The number of hydrogen-bond acceptors (Lipinski definition) is 6. The van der Waals surface area contributed by atoms with Gasteiger partial charge in [-0.1, -0.05) is 18.5 Å². The van der Waals surface area contributed by atoms with Crippen molar-refractivity contribution in [3.8, 4) is 5.69 Å². The van der Waals surface area contributed by atoms with Crippen LogP contribution in [0.25, 0.3) is 5.69 Å². The number of aromatic nitrogens is 2. The fourth-order valence-electron chi connectivity index (χ4n) is 2.75. The Labute approximate surface area is 193 Å². The second kappa shape index (κ2) is 10.00. The normalized spacial score (nSPS) is 12.4. The van der Waals surface area contributed by atoms with Crippen molar-refractivity contribution in [2.45, 2.75) is 37.4 Å². The Hall–Kier alpha value is -2.80.